The van der Waals surface area contributed by atoms with Crippen molar-refractivity contribution in [2.24, 2.45) is 0 Å². The van der Waals surface area contributed by atoms with Crippen LogP contribution in [0.25, 0.3) is 0 Å². The van der Waals surface area contributed by atoms with Crippen LogP contribution in [0.3, 0.4) is 0 Å². The maximum Gasteiger partial charge on any atom is 0.236 e. The first-order chi connectivity index (χ1) is 9.56. The van der Waals surface area contributed by atoms with Gasteiger partial charge in [-0.2, -0.15) is 0 Å². The van der Waals surface area contributed by atoms with Crippen LogP contribution in [0, 0.1) is 11.8 Å². The fourth-order valence-electron chi connectivity index (χ4n) is 1.76. The van der Waals surface area contributed by atoms with Crippen molar-refractivity contribution in [1.29, 1.82) is 0 Å². The van der Waals surface area contributed by atoms with E-state index in [0.717, 1.165) is 17.7 Å². The largest absolute Gasteiger partial charge is 0.384 e. The topological polar surface area (TPSA) is 43.8 Å². The Morgan fingerprint density at radius 1 is 1.35 bits per heavy atom. The lowest BCUT2D eigenvalue weighted by Gasteiger charge is -2.22. The van der Waals surface area contributed by atoms with Crippen LogP contribution >= 0.6 is 0 Å². The van der Waals surface area contributed by atoms with Crippen LogP contribution in [0.2, 0.25) is 0 Å². The van der Waals surface area contributed by atoms with Gasteiger partial charge in [0.1, 0.15) is 6.61 Å². The normalized spacial score (nSPS) is 10.1. The van der Waals surface area contributed by atoms with Crippen molar-refractivity contribution in [3.8, 4) is 11.8 Å². The molecule has 0 fully saturated rings. The van der Waals surface area contributed by atoms with E-state index in [1.54, 1.807) is 19.0 Å². The molecule has 0 aromatic heterocycles. The van der Waals surface area contributed by atoms with Gasteiger partial charge in [0.2, 0.25) is 5.91 Å². The highest BCUT2D eigenvalue weighted by atomic mass is 16.2. The summed E-state index contributed by atoms with van der Waals surface area (Å²) in [5.41, 5.74) is 2.00. The van der Waals surface area contributed by atoms with E-state index in [1.165, 1.54) is 0 Å². The number of aliphatic hydroxyl groups is 1. The molecule has 4 nitrogen and oxygen atoms in total. The van der Waals surface area contributed by atoms with Gasteiger partial charge in [0.25, 0.3) is 0 Å². The zero-order chi connectivity index (χ0) is 15.0. The Kier molecular flexibility index (Phi) is 6.78. The number of rotatable bonds is 5. The van der Waals surface area contributed by atoms with Crippen molar-refractivity contribution in [2.45, 2.75) is 13.5 Å². The minimum atomic E-state index is -0.136. The molecular weight excluding hydrogens is 252 g/mol. The molecule has 0 bridgehead atoms. The summed E-state index contributed by atoms with van der Waals surface area (Å²) in [5, 5.41) is 8.71. The van der Waals surface area contributed by atoms with Crippen molar-refractivity contribution in [3.05, 3.63) is 35.4 Å². The molecule has 4 heteroatoms. The van der Waals surface area contributed by atoms with E-state index in [9.17, 15) is 4.79 Å². The molecule has 0 saturated carbocycles. The monoisotopic (exact) mass is 274 g/mol. The summed E-state index contributed by atoms with van der Waals surface area (Å²) in [7, 11) is 3.53. The molecule has 0 radical (unpaired) electrons. The molecule has 0 aliphatic carbocycles. The van der Waals surface area contributed by atoms with Gasteiger partial charge < -0.3 is 10.0 Å². The molecule has 20 heavy (non-hydrogen) atoms. The third-order valence-corrected chi connectivity index (χ3v) is 2.95. The Hall–Kier alpha value is -1.83. The minimum Gasteiger partial charge on any atom is -0.384 e. The summed E-state index contributed by atoms with van der Waals surface area (Å²) >= 11 is 0. The Labute approximate surface area is 121 Å². The van der Waals surface area contributed by atoms with Crippen LogP contribution in [0.1, 0.15) is 18.1 Å². The maximum absolute atomic E-state index is 11.7. The minimum absolute atomic E-state index is 0.100. The Morgan fingerprint density at radius 2 is 2.10 bits per heavy atom. The molecule has 1 N–H and O–H groups in total. The molecule has 1 amide bonds. The summed E-state index contributed by atoms with van der Waals surface area (Å²) in [4.78, 5) is 15.4. The van der Waals surface area contributed by atoms with Crippen LogP contribution in [-0.2, 0) is 11.3 Å². The molecule has 1 aromatic carbocycles. The van der Waals surface area contributed by atoms with Crippen LogP contribution in [-0.4, -0.2) is 54.6 Å². The second kappa shape index (κ2) is 8.36. The number of benzene rings is 1. The van der Waals surface area contributed by atoms with Gasteiger partial charge in [-0.3, -0.25) is 9.69 Å². The van der Waals surface area contributed by atoms with Crippen LogP contribution in [0.15, 0.2) is 24.3 Å². The highest BCUT2D eigenvalue weighted by molar-refractivity contribution is 5.77. The molecule has 0 saturated heterocycles. The van der Waals surface area contributed by atoms with Gasteiger partial charge >= 0.3 is 0 Å². The van der Waals surface area contributed by atoms with Crippen molar-refractivity contribution < 1.29 is 9.90 Å². The van der Waals surface area contributed by atoms with Crippen molar-refractivity contribution >= 4 is 5.91 Å². The smallest absolute Gasteiger partial charge is 0.236 e. The predicted molar refractivity (Wildman–Crippen MR) is 80.1 cm³/mol. The summed E-state index contributed by atoms with van der Waals surface area (Å²) in [6.45, 7) is 3.84. The fraction of sp³-hybridized carbons (Fsp3) is 0.438. The number of nitrogens with zero attached hydrogens (tertiary/aromatic N) is 2. The van der Waals surface area contributed by atoms with Crippen LogP contribution in [0.5, 0.6) is 0 Å². The highest BCUT2D eigenvalue weighted by Gasteiger charge is 2.11. The average molecular weight is 274 g/mol. The van der Waals surface area contributed by atoms with Crippen molar-refractivity contribution in [1.82, 2.24) is 9.80 Å². The number of aliphatic hydroxyl groups excluding tert-OH is 1. The van der Waals surface area contributed by atoms with Gasteiger partial charge in [0.15, 0.2) is 0 Å². The molecule has 1 aromatic rings. The number of carbonyl (C=O) groups is 1. The zero-order valence-corrected chi connectivity index (χ0v) is 12.4. The maximum atomic E-state index is 11.7. The summed E-state index contributed by atoms with van der Waals surface area (Å²) in [6, 6.07) is 7.87. The fourth-order valence-corrected chi connectivity index (χ4v) is 1.76. The number of carbonyl (C=O) groups excluding carboxylic acids is 1. The average Bonchev–Trinajstić information content (AvgIpc) is 2.44. The molecule has 108 valence electrons. The second-order valence-corrected chi connectivity index (χ2v) is 4.75. The van der Waals surface area contributed by atoms with E-state index >= 15 is 0 Å². The standard InChI is InChI=1S/C16H22N2O2/c1-4-18(13-16(20)17(2)3)12-15-8-5-7-14(11-15)9-6-10-19/h5,7-8,11,19H,4,10,12-13H2,1-3H3. The Bertz CT molecular complexity index is 501. The SMILES string of the molecule is CCN(CC(=O)N(C)C)Cc1cccc(C#CCO)c1. The first-order valence-corrected chi connectivity index (χ1v) is 6.68. The van der Waals surface area contributed by atoms with Crippen molar-refractivity contribution in [2.75, 3.05) is 33.8 Å². The van der Waals surface area contributed by atoms with E-state index in [2.05, 4.69) is 16.7 Å². The van der Waals surface area contributed by atoms with Gasteiger partial charge in [-0.05, 0) is 24.2 Å². The van der Waals surface area contributed by atoms with Gasteiger partial charge in [0, 0.05) is 26.2 Å². The first-order valence-electron chi connectivity index (χ1n) is 6.68. The zero-order valence-electron chi connectivity index (χ0n) is 12.4. The molecule has 0 spiro atoms. The second-order valence-electron chi connectivity index (χ2n) is 4.75. The van der Waals surface area contributed by atoms with E-state index in [-0.39, 0.29) is 12.5 Å². The summed E-state index contributed by atoms with van der Waals surface area (Å²) in [6.07, 6.45) is 0. The van der Waals surface area contributed by atoms with Crippen LogP contribution in [0.4, 0.5) is 0 Å². The first kappa shape index (κ1) is 16.2. The van der Waals surface area contributed by atoms with Gasteiger partial charge in [-0.15, -0.1) is 0 Å². The summed E-state index contributed by atoms with van der Waals surface area (Å²) < 4.78 is 0. The Balaban J connectivity index is 2.72. The Morgan fingerprint density at radius 3 is 2.70 bits per heavy atom. The number of likely N-dealkylation sites (N-methyl/N-ethyl adjacent to an activating group) is 2. The summed E-state index contributed by atoms with van der Waals surface area (Å²) in [5.74, 6) is 5.63. The molecule has 0 aliphatic heterocycles. The lowest BCUT2D eigenvalue weighted by molar-refractivity contribution is -0.130. The van der Waals surface area contributed by atoms with Crippen molar-refractivity contribution in [3.63, 3.8) is 0 Å². The number of hydrogen-bond acceptors (Lipinski definition) is 3. The molecule has 0 unspecified atom stereocenters. The lowest BCUT2D eigenvalue weighted by atomic mass is 10.1. The van der Waals surface area contributed by atoms with E-state index in [1.807, 2.05) is 31.2 Å². The molecule has 1 rings (SSSR count). The third kappa shape index (κ3) is 5.43. The van der Waals surface area contributed by atoms with Gasteiger partial charge in [0.05, 0.1) is 6.54 Å². The molecule has 0 heterocycles. The number of hydrogen-bond donors (Lipinski definition) is 1. The number of amides is 1. The van der Waals surface area contributed by atoms with E-state index in [4.69, 9.17) is 5.11 Å². The molecule has 0 aliphatic rings. The highest BCUT2D eigenvalue weighted by Crippen LogP contribution is 2.08. The van der Waals surface area contributed by atoms with Gasteiger partial charge in [-0.25, -0.2) is 0 Å². The van der Waals surface area contributed by atoms with Gasteiger partial charge in [-0.1, -0.05) is 30.9 Å². The molecular formula is C16H22N2O2. The predicted octanol–water partition coefficient (Wildman–Crippen LogP) is 0.940. The van der Waals surface area contributed by atoms with E-state index in [0.29, 0.717) is 13.1 Å². The van der Waals surface area contributed by atoms with Crippen LogP contribution < -0.4 is 0 Å². The third-order valence-electron chi connectivity index (χ3n) is 2.95. The molecule has 0 atom stereocenters. The lowest BCUT2D eigenvalue weighted by Crippen LogP contribution is -2.36. The quantitative estimate of drug-likeness (QED) is 0.813. The van der Waals surface area contributed by atoms with E-state index < -0.39 is 0 Å².